The van der Waals surface area contributed by atoms with Crippen molar-refractivity contribution in [1.29, 1.82) is 0 Å². The molecule has 0 aliphatic carbocycles. The van der Waals surface area contributed by atoms with Crippen LogP contribution in [0.5, 0.6) is 5.88 Å². The Morgan fingerprint density at radius 2 is 2.08 bits per heavy atom. The van der Waals surface area contributed by atoms with Crippen molar-refractivity contribution in [2.24, 2.45) is 0 Å². The van der Waals surface area contributed by atoms with E-state index in [1.807, 2.05) is 12.1 Å². The van der Waals surface area contributed by atoms with Gasteiger partial charge in [0, 0.05) is 24.1 Å². The quantitative estimate of drug-likeness (QED) is 0.373. The van der Waals surface area contributed by atoms with Gasteiger partial charge in [-0.05, 0) is 31.3 Å². The van der Waals surface area contributed by atoms with Crippen LogP contribution in [0.15, 0.2) is 39.9 Å². The van der Waals surface area contributed by atoms with Gasteiger partial charge in [0.2, 0.25) is 5.88 Å². The lowest BCUT2D eigenvalue weighted by Crippen LogP contribution is -2.15. The summed E-state index contributed by atoms with van der Waals surface area (Å²) in [4.78, 5) is 21.8. The second-order valence-electron chi connectivity index (χ2n) is 5.50. The molecule has 0 fully saturated rings. The Morgan fingerprint density at radius 1 is 1.35 bits per heavy atom. The molecule has 1 aliphatic heterocycles. The highest BCUT2D eigenvalue weighted by molar-refractivity contribution is 8.03. The molecule has 0 spiro atoms. The second kappa shape index (κ2) is 7.74. The molecule has 0 unspecified atom stereocenters. The summed E-state index contributed by atoms with van der Waals surface area (Å²) in [6.45, 7) is 2.83. The Labute approximate surface area is 164 Å². The van der Waals surface area contributed by atoms with Crippen molar-refractivity contribution in [1.82, 2.24) is 4.57 Å². The molecule has 0 bridgehead atoms. The van der Waals surface area contributed by atoms with Gasteiger partial charge in [-0.2, -0.15) is 0 Å². The minimum Gasteiger partial charge on any atom is -0.493 e. The normalized spacial score (nSPS) is 13.7. The van der Waals surface area contributed by atoms with Crippen molar-refractivity contribution >= 4 is 54.7 Å². The zero-order chi connectivity index (χ0) is 18.9. The van der Waals surface area contributed by atoms with E-state index in [2.05, 4.69) is 29.7 Å². The van der Waals surface area contributed by atoms with E-state index in [4.69, 9.17) is 22.0 Å². The Morgan fingerprint density at radius 3 is 2.77 bits per heavy atom. The molecule has 0 saturated carbocycles. The van der Waals surface area contributed by atoms with Gasteiger partial charge in [-0.3, -0.25) is 9.13 Å². The summed E-state index contributed by atoms with van der Waals surface area (Å²) in [5.41, 5.74) is 4.35. The highest BCUT2D eigenvalue weighted by atomic mass is 32.2. The Balaban J connectivity index is 1.91. The number of benzene rings is 1. The molecule has 6 nitrogen and oxygen atoms in total. The molecule has 3 rings (SSSR count). The van der Waals surface area contributed by atoms with Crippen molar-refractivity contribution in [3.05, 3.63) is 43.9 Å². The lowest BCUT2D eigenvalue weighted by Gasteiger charge is -2.15. The Hall–Kier alpha value is -1.31. The maximum atomic E-state index is 11.0. The van der Waals surface area contributed by atoms with Gasteiger partial charge in [-0.25, -0.2) is 0 Å². The molecule has 1 aromatic heterocycles. The number of aromatic hydroxyl groups is 1. The molecule has 0 atom stereocenters. The fourth-order valence-corrected chi connectivity index (χ4v) is 5.32. The van der Waals surface area contributed by atoms with E-state index >= 15 is 0 Å². The summed E-state index contributed by atoms with van der Waals surface area (Å²) < 4.78 is 12.8. The average Bonchev–Trinajstić information content (AvgIpc) is 3.07. The first-order chi connectivity index (χ1) is 12.3. The molecular weight excluding hydrogens is 411 g/mol. The zero-order valence-corrected chi connectivity index (χ0v) is 17.2. The van der Waals surface area contributed by atoms with Crippen LogP contribution >= 0.6 is 42.9 Å². The molecule has 2 heterocycles. The fourth-order valence-electron chi connectivity index (χ4n) is 2.52. The number of nitrogens with zero attached hydrogens (tertiary/aromatic N) is 2. The van der Waals surface area contributed by atoms with Crippen molar-refractivity contribution in [2.75, 3.05) is 17.6 Å². The van der Waals surface area contributed by atoms with Crippen LogP contribution < -0.4 is 4.90 Å². The van der Waals surface area contributed by atoms with Gasteiger partial charge in [0.15, 0.2) is 3.95 Å². The van der Waals surface area contributed by atoms with Crippen molar-refractivity contribution in [3.63, 3.8) is 0 Å². The molecule has 2 aromatic rings. The van der Waals surface area contributed by atoms with Gasteiger partial charge in [0.1, 0.15) is 5.03 Å². The molecule has 0 radical (unpaired) electrons. The van der Waals surface area contributed by atoms with E-state index in [1.54, 1.807) is 17.8 Å². The third-order valence-corrected chi connectivity index (χ3v) is 7.02. The number of anilines is 1. The first kappa shape index (κ1) is 19.5. The molecule has 138 valence electrons. The number of aromatic nitrogens is 1. The van der Waals surface area contributed by atoms with Crippen LogP contribution in [0.4, 0.5) is 5.69 Å². The topological polar surface area (TPSA) is 85.9 Å². The lowest BCUT2D eigenvalue weighted by atomic mass is 10.3. The fraction of sp³-hybridized carbons (Fsp3) is 0.250. The maximum Gasteiger partial charge on any atom is 0.327 e. The van der Waals surface area contributed by atoms with E-state index < -0.39 is 7.60 Å². The largest absolute Gasteiger partial charge is 0.493 e. The van der Waals surface area contributed by atoms with Gasteiger partial charge < -0.3 is 19.8 Å². The van der Waals surface area contributed by atoms with E-state index in [0.29, 0.717) is 8.83 Å². The minimum atomic E-state index is -4.15. The standard InChI is InChI=1S/C16H17N2O4PS3/c1-2-17-11-5-3-4-6-12(11)25-14(17)8-7-13-15(19)18(16(24)26-13)9-10-23(20,21)22/h3-7,19H,2,9-10H2,1H3,(H2,20,21,22). The van der Waals surface area contributed by atoms with Gasteiger partial charge >= 0.3 is 7.60 Å². The lowest BCUT2D eigenvalue weighted by molar-refractivity contribution is 0.366. The predicted octanol–water partition coefficient (Wildman–Crippen LogP) is 4.25. The van der Waals surface area contributed by atoms with Crippen LogP contribution in [0.3, 0.4) is 0 Å². The number of para-hydroxylation sites is 1. The molecule has 1 aliphatic rings. The SMILES string of the molecule is CCN1C(=C=Cc2sc(=S)n(CCP(=O)(O)O)c2O)Sc2ccccc21. The first-order valence-corrected chi connectivity index (χ1v) is 11.6. The third kappa shape index (κ3) is 4.15. The van der Waals surface area contributed by atoms with Gasteiger partial charge in [0.25, 0.3) is 0 Å². The van der Waals surface area contributed by atoms with Crippen LogP contribution in [-0.2, 0) is 11.1 Å². The summed E-state index contributed by atoms with van der Waals surface area (Å²) in [5, 5.41) is 11.3. The molecular formula is C16H17N2O4PS3. The van der Waals surface area contributed by atoms with Crippen molar-refractivity contribution in [2.45, 2.75) is 18.4 Å². The van der Waals surface area contributed by atoms with Crippen LogP contribution in [0, 0.1) is 3.95 Å². The molecule has 26 heavy (non-hydrogen) atoms. The number of fused-ring (bicyclic) bond motifs is 1. The van der Waals surface area contributed by atoms with Crippen LogP contribution in [0.25, 0.3) is 6.08 Å². The molecule has 1 aromatic carbocycles. The number of thiazole rings is 1. The average molecular weight is 428 g/mol. The maximum absolute atomic E-state index is 11.0. The molecule has 3 N–H and O–H groups in total. The number of thioether (sulfide) groups is 1. The summed E-state index contributed by atoms with van der Waals surface area (Å²) >= 11 is 7.99. The Kier molecular flexibility index (Phi) is 5.79. The van der Waals surface area contributed by atoms with Crippen LogP contribution in [0.1, 0.15) is 11.8 Å². The van der Waals surface area contributed by atoms with Crippen LogP contribution in [0.2, 0.25) is 0 Å². The second-order valence-corrected chi connectivity index (χ2v) is 9.99. The van der Waals surface area contributed by atoms with Gasteiger partial charge in [0.05, 0.1) is 16.7 Å². The van der Waals surface area contributed by atoms with E-state index in [0.717, 1.165) is 22.2 Å². The van der Waals surface area contributed by atoms with Crippen molar-refractivity contribution in [3.8, 4) is 5.88 Å². The van der Waals surface area contributed by atoms with Gasteiger partial charge in [-0.15, -0.1) is 11.3 Å². The smallest absolute Gasteiger partial charge is 0.327 e. The zero-order valence-electron chi connectivity index (χ0n) is 13.8. The summed E-state index contributed by atoms with van der Waals surface area (Å²) in [7, 11) is -4.15. The molecule has 10 heteroatoms. The summed E-state index contributed by atoms with van der Waals surface area (Å²) in [6.07, 6.45) is 1.30. The Bertz CT molecular complexity index is 1000. The monoisotopic (exact) mass is 428 g/mol. The molecule has 0 amide bonds. The number of hydrogen-bond donors (Lipinski definition) is 3. The highest BCUT2D eigenvalue weighted by Crippen LogP contribution is 2.45. The highest BCUT2D eigenvalue weighted by Gasteiger charge is 2.23. The van der Waals surface area contributed by atoms with E-state index in [9.17, 15) is 9.67 Å². The van der Waals surface area contributed by atoms with Crippen molar-refractivity contribution < 1.29 is 19.5 Å². The number of hydrogen-bond acceptors (Lipinski definition) is 6. The summed E-state index contributed by atoms with van der Waals surface area (Å²) in [6, 6.07) is 8.09. The third-order valence-electron chi connectivity index (χ3n) is 3.76. The van der Waals surface area contributed by atoms with Gasteiger partial charge in [-0.1, -0.05) is 29.6 Å². The summed E-state index contributed by atoms with van der Waals surface area (Å²) in [5.74, 6) is -0.0925. The number of rotatable bonds is 5. The van der Waals surface area contributed by atoms with Crippen LogP contribution in [-0.4, -0.2) is 32.2 Å². The minimum absolute atomic E-state index is 0.0306. The van der Waals surface area contributed by atoms with E-state index in [1.165, 1.54) is 15.9 Å². The first-order valence-electron chi connectivity index (χ1n) is 7.78. The predicted molar refractivity (Wildman–Crippen MR) is 109 cm³/mol. The molecule has 0 saturated heterocycles. The van der Waals surface area contributed by atoms with E-state index in [-0.39, 0.29) is 18.6 Å².